The topological polar surface area (TPSA) is 71.8 Å². The first-order valence-corrected chi connectivity index (χ1v) is 9.43. The largest absolute Gasteiger partial charge is 0.468 e. The Morgan fingerprint density at radius 2 is 2.27 bits per heavy atom. The van der Waals surface area contributed by atoms with Crippen LogP contribution in [-0.2, 0) is 21.3 Å². The second-order valence-corrected chi connectivity index (χ2v) is 8.93. The molecule has 2 atom stereocenters. The first kappa shape index (κ1) is 14.7. The molecule has 1 saturated carbocycles. The highest BCUT2D eigenvalue weighted by Gasteiger charge is 2.51. The minimum absolute atomic E-state index is 0.0887. The van der Waals surface area contributed by atoms with Crippen molar-refractivity contribution in [1.29, 1.82) is 0 Å². The molecule has 6 nitrogen and oxygen atoms in total. The van der Waals surface area contributed by atoms with Crippen LogP contribution in [0.15, 0.2) is 22.8 Å². The van der Waals surface area contributed by atoms with Crippen LogP contribution >= 0.6 is 0 Å². The van der Waals surface area contributed by atoms with Crippen LogP contribution in [0.2, 0.25) is 0 Å². The van der Waals surface area contributed by atoms with Gasteiger partial charge in [0.15, 0.2) is 0 Å². The SMILES string of the molecule is O=S(=O)(NC[C@@]12COC[C@@H]1CN(Cc1ccco1)C2)C1CC1. The molecule has 1 N–H and O–H groups in total. The smallest absolute Gasteiger partial charge is 0.214 e. The predicted octanol–water partition coefficient (Wildman–Crippen LogP) is 0.810. The first-order valence-electron chi connectivity index (χ1n) is 7.88. The molecule has 3 fully saturated rings. The van der Waals surface area contributed by atoms with Crippen LogP contribution in [0.25, 0.3) is 0 Å². The van der Waals surface area contributed by atoms with Crippen molar-refractivity contribution in [2.24, 2.45) is 11.3 Å². The monoisotopic (exact) mass is 326 g/mol. The Morgan fingerprint density at radius 1 is 1.41 bits per heavy atom. The molecule has 1 aromatic heterocycles. The fourth-order valence-electron chi connectivity index (χ4n) is 3.68. The summed E-state index contributed by atoms with van der Waals surface area (Å²) < 4.78 is 38.1. The van der Waals surface area contributed by atoms with Crippen molar-refractivity contribution in [3.8, 4) is 0 Å². The molecule has 7 heteroatoms. The maximum Gasteiger partial charge on any atom is 0.214 e. The Morgan fingerprint density at radius 3 is 3.00 bits per heavy atom. The van der Waals surface area contributed by atoms with Crippen LogP contribution in [0.5, 0.6) is 0 Å². The molecule has 2 aliphatic heterocycles. The summed E-state index contributed by atoms with van der Waals surface area (Å²) in [5.74, 6) is 1.35. The van der Waals surface area contributed by atoms with Gasteiger partial charge in [-0.05, 0) is 25.0 Å². The van der Waals surface area contributed by atoms with Gasteiger partial charge in [-0.25, -0.2) is 13.1 Å². The third-order valence-corrected chi connectivity index (χ3v) is 7.04. The van der Waals surface area contributed by atoms with Crippen molar-refractivity contribution in [3.63, 3.8) is 0 Å². The van der Waals surface area contributed by atoms with Gasteiger partial charge < -0.3 is 9.15 Å². The Kier molecular flexibility index (Phi) is 3.56. The fraction of sp³-hybridized carbons (Fsp3) is 0.733. The van der Waals surface area contributed by atoms with Gasteiger partial charge in [0.2, 0.25) is 10.0 Å². The van der Waals surface area contributed by atoms with Crippen molar-refractivity contribution in [1.82, 2.24) is 9.62 Å². The molecular formula is C15H22N2O4S. The van der Waals surface area contributed by atoms with E-state index in [4.69, 9.17) is 9.15 Å². The number of rotatable bonds is 6. The molecule has 1 aromatic rings. The molecule has 122 valence electrons. The molecule has 0 spiro atoms. The summed E-state index contributed by atoms with van der Waals surface area (Å²) in [5, 5.41) is -0.162. The van der Waals surface area contributed by atoms with E-state index in [-0.39, 0.29) is 10.7 Å². The lowest BCUT2D eigenvalue weighted by atomic mass is 9.81. The molecule has 1 aliphatic carbocycles. The molecule has 0 amide bonds. The van der Waals surface area contributed by atoms with Gasteiger partial charge in [0.1, 0.15) is 5.76 Å². The highest BCUT2D eigenvalue weighted by atomic mass is 32.2. The van der Waals surface area contributed by atoms with Gasteiger partial charge in [0, 0.05) is 31.0 Å². The lowest BCUT2D eigenvalue weighted by Crippen LogP contribution is -2.43. The summed E-state index contributed by atoms with van der Waals surface area (Å²) in [4.78, 5) is 2.34. The number of ether oxygens (including phenoxy) is 1. The first-order chi connectivity index (χ1) is 10.6. The minimum Gasteiger partial charge on any atom is -0.468 e. The fourth-order valence-corrected chi connectivity index (χ4v) is 5.16. The molecule has 3 aliphatic rings. The third kappa shape index (κ3) is 2.71. The zero-order valence-corrected chi connectivity index (χ0v) is 13.3. The van der Waals surface area contributed by atoms with E-state index in [0.717, 1.165) is 44.8 Å². The summed E-state index contributed by atoms with van der Waals surface area (Å²) in [7, 11) is -3.13. The zero-order chi connectivity index (χ0) is 15.2. The predicted molar refractivity (Wildman–Crippen MR) is 80.7 cm³/mol. The maximum atomic E-state index is 12.1. The Labute approximate surface area is 130 Å². The normalized spacial score (nSPS) is 32.5. The van der Waals surface area contributed by atoms with Gasteiger partial charge in [0.25, 0.3) is 0 Å². The second-order valence-electron chi connectivity index (χ2n) is 6.89. The summed E-state index contributed by atoms with van der Waals surface area (Å²) in [6.45, 7) is 4.42. The summed E-state index contributed by atoms with van der Waals surface area (Å²) in [6.07, 6.45) is 3.29. The van der Waals surface area contributed by atoms with Crippen molar-refractivity contribution in [2.75, 3.05) is 32.8 Å². The van der Waals surface area contributed by atoms with Crippen LogP contribution in [0.1, 0.15) is 18.6 Å². The van der Waals surface area contributed by atoms with Crippen LogP contribution < -0.4 is 4.72 Å². The Bertz CT molecular complexity index is 626. The second kappa shape index (κ2) is 5.33. The van der Waals surface area contributed by atoms with E-state index in [2.05, 4.69) is 9.62 Å². The van der Waals surface area contributed by atoms with Gasteiger partial charge in [-0.2, -0.15) is 0 Å². The third-order valence-electron chi connectivity index (χ3n) is 5.14. The van der Waals surface area contributed by atoms with Gasteiger partial charge in [-0.15, -0.1) is 0 Å². The van der Waals surface area contributed by atoms with Crippen LogP contribution in [-0.4, -0.2) is 51.4 Å². The van der Waals surface area contributed by atoms with E-state index >= 15 is 0 Å². The van der Waals surface area contributed by atoms with Crippen molar-refractivity contribution >= 4 is 10.0 Å². The summed E-state index contributed by atoms with van der Waals surface area (Å²) in [5.41, 5.74) is -0.0887. The molecule has 0 bridgehead atoms. The number of nitrogens with zero attached hydrogens (tertiary/aromatic N) is 1. The molecule has 22 heavy (non-hydrogen) atoms. The van der Waals surface area contributed by atoms with Crippen LogP contribution in [0.3, 0.4) is 0 Å². The molecule has 4 rings (SSSR count). The van der Waals surface area contributed by atoms with E-state index in [1.807, 2.05) is 12.1 Å². The lowest BCUT2D eigenvalue weighted by Gasteiger charge is -2.27. The van der Waals surface area contributed by atoms with Crippen LogP contribution in [0.4, 0.5) is 0 Å². The van der Waals surface area contributed by atoms with Crippen molar-refractivity contribution in [3.05, 3.63) is 24.2 Å². The molecule has 2 saturated heterocycles. The van der Waals surface area contributed by atoms with E-state index in [1.54, 1.807) is 6.26 Å². The number of fused-ring (bicyclic) bond motifs is 1. The number of hydrogen-bond donors (Lipinski definition) is 1. The summed E-state index contributed by atoms with van der Waals surface area (Å²) in [6, 6.07) is 3.88. The van der Waals surface area contributed by atoms with Gasteiger partial charge >= 0.3 is 0 Å². The number of furan rings is 1. The highest BCUT2D eigenvalue weighted by molar-refractivity contribution is 7.90. The standard InChI is InChI=1S/C15H22N2O4S/c18-22(19,14-3-4-14)16-9-15-10-17(6-12(15)8-20-11-15)7-13-2-1-5-21-13/h1-2,5,12,14,16H,3-4,6-11H2/t12-,15+/m0/s1. The van der Waals surface area contributed by atoms with E-state index in [0.29, 0.717) is 19.1 Å². The molecule has 3 heterocycles. The van der Waals surface area contributed by atoms with Crippen molar-refractivity contribution in [2.45, 2.75) is 24.6 Å². The summed E-state index contributed by atoms with van der Waals surface area (Å²) >= 11 is 0. The van der Waals surface area contributed by atoms with Gasteiger partial charge in [-0.3, -0.25) is 4.90 Å². The number of sulfonamides is 1. The average Bonchev–Trinajstić information content (AvgIpc) is 2.95. The van der Waals surface area contributed by atoms with Gasteiger partial charge in [0.05, 0.1) is 31.3 Å². The number of hydrogen-bond acceptors (Lipinski definition) is 5. The number of likely N-dealkylation sites (tertiary alicyclic amines) is 1. The molecule has 0 radical (unpaired) electrons. The molecular weight excluding hydrogens is 304 g/mol. The van der Waals surface area contributed by atoms with E-state index in [9.17, 15) is 8.42 Å². The molecule has 0 unspecified atom stereocenters. The van der Waals surface area contributed by atoms with Crippen molar-refractivity contribution < 1.29 is 17.6 Å². The molecule has 0 aromatic carbocycles. The van der Waals surface area contributed by atoms with E-state index in [1.165, 1.54) is 0 Å². The zero-order valence-electron chi connectivity index (χ0n) is 12.5. The Balaban J connectivity index is 1.42. The van der Waals surface area contributed by atoms with Gasteiger partial charge in [-0.1, -0.05) is 0 Å². The maximum absolute atomic E-state index is 12.1. The highest BCUT2D eigenvalue weighted by Crippen LogP contribution is 2.41. The Hall–Kier alpha value is -0.890. The quantitative estimate of drug-likeness (QED) is 0.837. The lowest BCUT2D eigenvalue weighted by molar-refractivity contribution is 0.126. The minimum atomic E-state index is -3.13. The average molecular weight is 326 g/mol. The van der Waals surface area contributed by atoms with E-state index < -0.39 is 10.0 Å². The number of nitrogens with one attached hydrogen (secondary N) is 1. The van der Waals surface area contributed by atoms with Crippen LogP contribution in [0, 0.1) is 11.3 Å².